The number of allylic oxidation sites excluding steroid dienone is 1. The van der Waals surface area contributed by atoms with Gasteiger partial charge in [0.15, 0.2) is 0 Å². The van der Waals surface area contributed by atoms with E-state index in [4.69, 9.17) is 5.10 Å². The minimum Gasteiger partial charge on any atom is -0.508 e. The van der Waals surface area contributed by atoms with Crippen molar-refractivity contribution in [1.82, 2.24) is 20.1 Å². The van der Waals surface area contributed by atoms with Gasteiger partial charge < -0.3 is 10.4 Å². The number of phenols is 1. The Kier molecular flexibility index (Phi) is 5.87. The van der Waals surface area contributed by atoms with Gasteiger partial charge in [0.2, 0.25) is 0 Å². The van der Waals surface area contributed by atoms with Crippen molar-refractivity contribution in [3.8, 4) is 11.4 Å². The maximum atomic E-state index is 13.2. The fourth-order valence-electron chi connectivity index (χ4n) is 6.10. The molecule has 4 aromatic rings. The lowest BCUT2D eigenvalue weighted by Crippen LogP contribution is -2.34. The van der Waals surface area contributed by atoms with E-state index in [0.29, 0.717) is 11.5 Å². The second-order valence-corrected chi connectivity index (χ2v) is 10.4. The van der Waals surface area contributed by atoms with Gasteiger partial charge >= 0.3 is 0 Å². The number of hydrogen-bond donors (Lipinski definition) is 2. The molecule has 0 aliphatic heterocycles. The SMILES string of the molecule is C[C@]12Cc3cnn(-c4cccnc4)c3C=C1CC[C@@H]2CC(NC(=O)c1ccc(O)cc1)c1ccccc1. The van der Waals surface area contributed by atoms with Crippen LogP contribution in [0.5, 0.6) is 5.75 Å². The minimum absolute atomic E-state index is 0.0199. The van der Waals surface area contributed by atoms with Crippen molar-refractivity contribution in [2.24, 2.45) is 11.3 Å². The highest BCUT2D eigenvalue weighted by atomic mass is 16.3. The monoisotopic (exact) mass is 490 g/mol. The fourth-order valence-corrected chi connectivity index (χ4v) is 6.10. The first-order valence-electron chi connectivity index (χ1n) is 12.8. The molecule has 2 aliphatic rings. The van der Waals surface area contributed by atoms with E-state index in [1.165, 1.54) is 11.1 Å². The summed E-state index contributed by atoms with van der Waals surface area (Å²) in [5, 5.41) is 17.6. The molecular weight excluding hydrogens is 460 g/mol. The van der Waals surface area contributed by atoms with Crippen LogP contribution in [-0.2, 0) is 6.42 Å². The average molecular weight is 491 g/mol. The molecule has 3 atom stereocenters. The lowest BCUT2D eigenvalue weighted by Gasteiger charge is -2.37. The van der Waals surface area contributed by atoms with Crippen LogP contribution in [0, 0.1) is 11.3 Å². The van der Waals surface area contributed by atoms with Crippen molar-refractivity contribution in [2.45, 2.75) is 38.6 Å². The van der Waals surface area contributed by atoms with Gasteiger partial charge in [0, 0.05) is 11.8 Å². The van der Waals surface area contributed by atoms with Crippen molar-refractivity contribution < 1.29 is 9.90 Å². The molecule has 2 heterocycles. The predicted octanol–water partition coefficient (Wildman–Crippen LogP) is 5.89. The number of carbonyl (C=O) groups excluding carboxylic acids is 1. The molecule has 2 aromatic heterocycles. The fraction of sp³-hybridized carbons (Fsp3) is 0.258. The smallest absolute Gasteiger partial charge is 0.251 e. The molecule has 0 saturated heterocycles. The largest absolute Gasteiger partial charge is 0.508 e. The van der Waals surface area contributed by atoms with Gasteiger partial charge in [-0.2, -0.15) is 5.10 Å². The molecule has 6 rings (SSSR count). The zero-order valence-electron chi connectivity index (χ0n) is 20.8. The number of aromatic nitrogens is 3. The molecule has 0 spiro atoms. The Balaban J connectivity index is 1.27. The van der Waals surface area contributed by atoms with E-state index in [2.05, 4.69) is 35.4 Å². The highest BCUT2D eigenvalue weighted by molar-refractivity contribution is 5.94. The van der Waals surface area contributed by atoms with E-state index in [-0.39, 0.29) is 23.1 Å². The molecule has 0 bridgehead atoms. The summed E-state index contributed by atoms with van der Waals surface area (Å²) in [6.07, 6.45) is 11.9. The summed E-state index contributed by atoms with van der Waals surface area (Å²) in [7, 11) is 0. The Bertz CT molecular complexity index is 1440. The number of hydrogen-bond acceptors (Lipinski definition) is 4. The van der Waals surface area contributed by atoms with Crippen molar-refractivity contribution in [3.05, 3.63) is 113 Å². The van der Waals surface area contributed by atoms with Crippen molar-refractivity contribution in [2.75, 3.05) is 0 Å². The molecule has 6 heteroatoms. The topological polar surface area (TPSA) is 80.0 Å². The normalized spacial score (nSPS) is 21.0. The lowest BCUT2D eigenvalue weighted by molar-refractivity contribution is 0.0923. The third-order valence-electron chi connectivity index (χ3n) is 8.20. The Morgan fingerprint density at radius 1 is 1.11 bits per heavy atom. The number of benzene rings is 2. The summed E-state index contributed by atoms with van der Waals surface area (Å²) in [6, 6.07) is 20.5. The summed E-state index contributed by atoms with van der Waals surface area (Å²) in [4.78, 5) is 17.4. The number of nitrogens with zero attached hydrogens (tertiary/aromatic N) is 3. The van der Waals surface area contributed by atoms with Crippen molar-refractivity contribution in [1.29, 1.82) is 0 Å². The molecule has 186 valence electrons. The predicted molar refractivity (Wildman–Crippen MR) is 143 cm³/mol. The van der Waals surface area contributed by atoms with Crippen LogP contribution in [0.4, 0.5) is 0 Å². The van der Waals surface area contributed by atoms with Crippen LogP contribution in [0.2, 0.25) is 0 Å². The maximum Gasteiger partial charge on any atom is 0.251 e. The summed E-state index contributed by atoms with van der Waals surface area (Å²) in [5.74, 6) is 0.438. The van der Waals surface area contributed by atoms with Crippen LogP contribution in [-0.4, -0.2) is 25.8 Å². The molecule has 6 nitrogen and oxygen atoms in total. The van der Waals surface area contributed by atoms with E-state index < -0.39 is 0 Å². The first-order chi connectivity index (χ1) is 18.0. The maximum absolute atomic E-state index is 13.2. The van der Waals surface area contributed by atoms with Crippen LogP contribution >= 0.6 is 0 Å². The molecule has 0 radical (unpaired) electrons. The van der Waals surface area contributed by atoms with Gasteiger partial charge in [-0.1, -0.05) is 42.8 Å². The first kappa shape index (κ1) is 23.2. The quantitative estimate of drug-likeness (QED) is 0.353. The summed E-state index contributed by atoms with van der Waals surface area (Å²) >= 11 is 0. The number of fused-ring (bicyclic) bond motifs is 2. The number of nitrogens with one attached hydrogen (secondary N) is 1. The number of aromatic hydroxyl groups is 1. The molecule has 1 unspecified atom stereocenters. The van der Waals surface area contributed by atoms with Crippen LogP contribution in [0.1, 0.15) is 59.4 Å². The Labute approximate surface area is 216 Å². The number of pyridine rings is 1. The van der Waals surface area contributed by atoms with Gasteiger partial charge in [0.25, 0.3) is 5.91 Å². The van der Waals surface area contributed by atoms with Crippen molar-refractivity contribution in [3.63, 3.8) is 0 Å². The average Bonchev–Trinajstić information content (AvgIpc) is 3.47. The number of carbonyl (C=O) groups is 1. The highest BCUT2D eigenvalue weighted by Crippen LogP contribution is 2.55. The van der Waals surface area contributed by atoms with Crippen LogP contribution < -0.4 is 5.32 Å². The highest BCUT2D eigenvalue weighted by Gasteiger charge is 2.46. The molecular formula is C31H30N4O2. The molecule has 37 heavy (non-hydrogen) atoms. The molecule has 1 fully saturated rings. The zero-order chi connectivity index (χ0) is 25.4. The zero-order valence-corrected chi connectivity index (χ0v) is 20.8. The van der Waals surface area contributed by atoms with Crippen LogP contribution in [0.3, 0.4) is 0 Å². The van der Waals surface area contributed by atoms with Gasteiger partial charge in [0.05, 0.1) is 29.8 Å². The van der Waals surface area contributed by atoms with E-state index in [1.807, 2.05) is 47.4 Å². The van der Waals surface area contributed by atoms with Gasteiger partial charge in [-0.15, -0.1) is 0 Å². The number of rotatable bonds is 6. The lowest BCUT2D eigenvalue weighted by atomic mass is 9.68. The third kappa shape index (κ3) is 4.33. The minimum atomic E-state index is -0.128. The van der Waals surface area contributed by atoms with Crippen LogP contribution in [0.25, 0.3) is 11.8 Å². The standard InChI is InChI=1S/C31H30N4O2/c1-31-18-23-19-33-35(26-8-5-15-32-20-26)29(23)17-25(31)12-11-24(31)16-28(21-6-3-2-4-7-21)34-30(37)22-9-13-27(36)14-10-22/h2-10,13-15,17,19-20,24,28,36H,11-12,16,18H2,1H3,(H,34,37)/t24-,28?,31-/m1/s1. The van der Waals surface area contributed by atoms with Crippen LogP contribution in [0.15, 0.2) is 90.9 Å². The number of phenolic OH excluding ortho intramolecular Hbond substituents is 1. The third-order valence-corrected chi connectivity index (χ3v) is 8.20. The molecule has 1 saturated carbocycles. The Hall–Kier alpha value is -4.19. The van der Waals surface area contributed by atoms with E-state index in [0.717, 1.165) is 42.6 Å². The van der Waals surface area contributed by atoms with Gasteiger partial charge in [-0.3, -0.25) is 9.78 Å². The second kappa shape index (κ2) is 9.36. The molecule has 2 N–H and O–H groups in total. The van der Waals surface area contributed by atoms with E-state index in [1.54, 1.807) is 30.5 Å². The second-order valence-electron chi connectivity index (χ2n) is 10.4. The summed E-state index contributed by atoms with van der Waals surface area (Å²) < 4.78 is 1.99. The van der Waals surface area contributed by atoms with E-state index in [9.17, 15) is 9.90 Å². The Morgan fingerprint density at radius 2 is 1.92 bits per heavy atom. The molecule has 2 aromatic carbocycles. The molecule has 2 aliphatic carbocycles. The van der Waals surface area contributed by atoms with Crippen molar-refractivity contribution >= 4 is 12.0 Å². The molecule has 1 amide bonds. The summed E-state index contributed by atoms with van der Waals surface area (Å²) in [6.45, 7) is 2.38. The van der Waals surface area contributed by atoms with Gasteiger partial charge in [-0.25, -0.2) is 4.68 Å². The first-order valence-corrected chi connectivity index (χ1v) is 12.8. The van der Waals surface area contributed by atoms with Gasteiger partial charge in [-0.05, 0) is 90.6 Å². The number of amides is 1. The summed E-state index contributed by atoms with van der Waals surface area (Å²) in [5.41, 5.74) is 6.52. The van der Waals surface area contributed by atoms with Gasteiger partial charge in [0.1, 0.15) is 5.75 Å². The van der Waals surface area contributed by atoms with E-state index >= 15 is 0 Å². The Morgan fingerprint density at radius 3 is 2.68 bits per heavy atom.